The highest BCUT2D eigenvalue weighted by molar-refractivity contribution is 14.0. The van der Waals surface area contributed by atoms with E-state index in [9.17, 15) is 4.39 Å². The van der Waals surface area contributed by atoms with Crippen molar-refractivity contribution in [1.29, 1.82) is 0 Å². The number of benzene rings is 1. The summed E-state index contributed by atoms with van der Waals surface area (Å²) in [7, 11) is 1.48. The summed E-state index contributed by atoms with van der Waals surface area (Å²) in [5.41, 5.74) is 2.09. The molecule has 1 aromatic carbocycles. The molecule has 1 aliphatic heterocycles. The lowest BCUT2D eigenvalue weighted by Gasteiger charge is -2.33. The van der Waals surface area contributed by atoms with Crippen molar-refractivity contribution >= 4 is 29.9 Å². The fraction of sp³-hybridized carbons (Fsp3) is 0.522. The third-order valence-electron chi connectivity index (χ3n) is 5.45. The molecule has 0 saturated carbocycles. The zero-order valence-corrected chi connectivity index (χ0v) is 21.2. The van der Waals surface area contributed by atoms with E-state index in [1.54, 1.807) is 12.1 Å². The fourth-order valence-corrected chi connectivity index (χ4v) is 3.82. The van der Waals surface area contributed by atoms with Gasteiger partial charge >= 0.3 is 0 Å². The van der Waals surface area contributed by atoms with E-state index >= 15 is 0 Å². The largest absolute Gasteiger partial charge is 0.494 e. The summed E-state index contributed by atoms with van der Waals surface area (Å²) in [5, 5.41) is 6.90. The van der Waals surface area contributed by atoms with Crippen LogP contribution in [0.5, 0.6) is 5.75 Å². The van der Waals surface area contributed by atoms with Crippen molar-refractivity contribution in [3.05, 3.63) is 52.7 Å². The van der Waals surface area contributed by atoms with Crippen LogP contribution < -0.4 is 15.4 Å². The van der Waals surface area contributed by atoms with Crippen molar-refractivity contribution in [2.45, 2.75) is 52.7 Å². The van der Waals surface area contributed by atoms with Crippen molar-refractivity contribution in [1.82, 2.24) is 15.5 Å². The summed E-state index contributed by atoms with van der Waals surface area (Å²) < 4.78 is 24.5. The molecule has 0 spiro atoms. The molecule has 1 aromatic heterocycles. The molecule has 172 valence electrons. The topological polar surface area (TPSA) is 62.0 Å². The van der Waals surface area contributed by atoms with Gasteiger partial charge in [0.15, 0.2) is 17.5 Å². The molecule has 6 nitrogen and oxygen atoms in total. The average Bonchev–Trinajstić information content (AvgIpc) is 3.05. The van der Waals surface area contributed by atoms with Crippen LogP contribution in [0.2, 0.25) is 0 Å². The number of aliphatic imine (C=N–C) groups is 1. The van der Waals surface area contributed by atoms with Crippen LogP contribution in [0.1, 0.15) is 42.4 Å². The lowest BCUT2D eigenvalue weighted by molar-refractivity contribution is 0.198. The number of halogens is 2. The number of rotatable bonds is 7. The van der Waals surface area contributed by atoms with Gasteiger partial charge in [-0.2, -0.15) is 0 Å². The van der Waals surface area contributed by atoms with Gasteiger partial charge in [0.25, 0.3) is 0 Å². The second-order valence-corrected chi connectivity index (χ2v) is 7.80. The molecule has 0 atom stereocenters. The summed E-state index contributed by atoms with van der Waals surface area (Å²) in [5.74, 6) is 2.67. The molecule has 3 rings (SSSR count). The number of furan rings is 1. The Balaban J connectivity index is 0.00000341. The van der Waals surface area contributed by atoms with Gasteiger partial charge < -0.3 is 19.8 Å². The number of piperidine rings is 1. The van der Waals surface area contributed by atoms with E-state index in [-0.39, 0.29) is 35.5 Å². The maximum absolute atomic E-state index is 13.9. The van der Waals surface area contributed by atoms with E-state index in [1.165, 1.54) is 7.11 Å². The zero-order valence-electron chi connectivity index (χ0n) is 18.8. The highest BCUT2D eigenvalue weighted by Gasteiger charge is 2.20. The molecule has 0 unspecified atom stereocenters. The van der Waals surface area contributed by atoms with E-state index in [4.69, 9.17) is 14.1 Å². The minimum atomic E-state index is -0.305. The lowest BCUT2D eigenvalue weighted by atomic mass is 10.0. The molecule has 8 heteroatoms. The van der Waals surface area contributed by atoms with Crippen molar-refractivity contribution in [3.63, 3.8) is 0 Å². The monoisotopic (exact) mass is 544 g/mol. The number of likely N-dealkylation sites (tertiary alicyclic amines) is 1. The first-order valence-corrected chi connectivity index (χ1v) is 10.6. The number of guanidine groups is 1. The maximum atomic E-state index is 13.9. The molecular formula is C23H34FIN4O2. The molecule has 0 radical (unpaired) electrons. The highest BCUT2D eigenvalue weighted by Crippen LogP contribution is 2.20. The summed E-state index contributed by atoms with van der Waals surface area (Å²) in [6.07, 6.45) is 2.04. The normalized spacial score (nSPS) is 15.5. The molecule has 0 aliphatic carbocycles. The van der Waals surface area contributed by atoms with Gasteiger partial charge in [-0.15, -0.1) is 24.0 Å². The highest BCUT2D eigenvalue weighted by atomic mass is 127. The Morgan fingerprint density at radius 3 is 2.58 bits per heavy atom. The van der Waals surface area contributed by atoms with Gasteiger partial charge in [0.2, 0.25) is 0 Å². The maximum Gasteiger partial charge on any atom is 0.191 e. The molecular weight excluding hydrogens is 510 g/mol. The third kappa shape index (κ3) is 7.38. The first-order chi connectivity index (χ1) is 14.5. The van der Waals surface area contributed by atoms with Gasteiger partial charge in [-0.1, -0.05) is 6.07 Å². The number of hydrogen-bond acceptors (Lipinski definition) is 4. The predicted molar refractivity (Wildman–Crippen MR) is 133 cm³/mol. The van der Waals surface area contributed by atoms with Gasteiger partial charge in [0.05, 0.1) is 13.7 Å². The lowest BCUT2D eigenvalue weighted by Crippen LogP contribution is -2.48. The molecule has 31 heavy (non-hydrogen) atoms. The summed E-state index contributed by atoms with van der Waals surface area (Å²) in [4.78, 5) is 7.09. The number of nitrogens with one attached hydrogen (secondary N) is 2. The number of nitrogens with zero attached hydrogens (tertiary/aromatic N) is 2. The fourth-order valence-electron chi connectivity index (χ4n) is 3.82. The number of methoxy groups -OCH3 is 1. The number of ether oxygens (including phenoxy) is 1. The van der Waals surface area contributed by atoms with Gasteiger partial charge in [0, 0.05) is 37.8 Å². The van der Waals surface area contributed by atoms with Gasteiger partial charge in [-0.05, 0) is 57.4 Å². The molecule has 2 N–H and O–H groups in total. The van der Waals surface area contributed by atoms with Crippen LogP contribution >= 0.6 is 24.0 Å². The van der Waals surface area contributed by atoms with Crippen LogP contribution in [-0.4, -0.2) is 43.6 Å². The Morgan fingerprint density at radius 2 is 2.00 bits per heavy atom. The molecule has 0 amide bonds. The Morgan fingerprint density at radius 1 is 1.26 bits per heavy atom. The van der Waals surface area contributed by atoms with E-state index in [0.29, 0.717) is 12.6 Å². The molecule has 1 saturated heterocycles. The van der Waals surface area contributed by atoms with Gasteiger partial charge in [-0.3, -0.25) is 4.90 Å². The zero-order chi connectivity index (χ0) is 21.5. The minimum absolute atomic E-state index is 0. The molecule has 1 aliphatic rings. The van der Waals surface area contributed by atoms with E-state index in [2.05, 4.69) is 22.5 Å². The van der Waals surface area contributed by atoms with Crippen LogP contribution in [0.25, 0.3) is 0 Å². The second-order valence-electron chi connectivity index (χ2n) is 7.80. The quantitative estimate of drug-likeness (QED) is 0.308. The van der Waals surface area contributed by atoms with E-state index < -0.39 is 0 Å². The van der Waals surface area contributed by atoms with Crippen molar-refractivity contribution in [2.75, 3.05) is 26.7 Å². The first kappa shape index (κ1) is 25.5. The number of aryl methyl sites for hydroxylation is 2. The van der Waals surface area contributed by atoms with Crippen LogP contribution in [0.3, 0.4) is 0 Å². The Labute approximate surface area is 201 Å². The average molecular weight is 544 g/mol. The summed E-state index contributed by atoms with van der Waals surface area (Å²) in [6.45, 7) is 10.1. The Kier molecular flexibility index (Phi) is 10.1. The van der Waals surface area contributed by atoms with Crippen molar-refractivity contribution < 1.29 is 13.5 Å². The molecule has 2 heterocycles. The standard InChI is InChI=1S/C23H33FN4O2.HI/c1-5-25-23(26-14-19-12-16(2)30-17(19)3)27-20-8-10-28(11-9-20)15-18-6-7-22(29-4)21(24)13-18;/h6-7,12-13,20H,5,8-11,14-15H2,1-4H3,(H2,25,26,27);1H. The molecule has 1 fully saturated rings. The molecule has 2 aromatic rings. The van der Waals surface area contributed by atoms with Gasteiger partial charge in [-0.25, -0.2) is 9.38 Å². The van der Waals surface area contributed by atoms with Crippen LogP contribution in [0.4, 0.5) is 4.39 Å². The Hall–Kier alpha value is -1.81. The van der Waals surface area contributed by atoms with Crippen LogP contribution in [-0.2, 0) is 13.1 Å². The predicted octanol–water partition coefficient (Wildman–Crippen LogP) is 4.38. The summed E-state index contributed by atoms with van der Waals surface area (Å²) >= 11 is 0. The third-order valence-corrected chi connectivity index (χ3v) is 5.45. The van der Waals surface area contributed by atoms with E-state index in [0.717, 1.165) is 67.6 Å². The first-order valence-electron chi connectivity index (χ1n) is 10.6. The Bertz CT molecular complexity index is 863. The molecule has 0 bridgehead atoms. The van der Waals surface area contributed by atoms with Crippen molar-refractivity contribution in [3.8, 4) is 5.75 Å². The van der Waals surface area contributed by atoms with Crippen molar-refractivity contribution in [2.24, 2.45) is 4.99 Å². The van der Waals surface area contributed by atoms with Crippen LogP contribution in [0.15, 0.2) is 33.7 Å². The second kappa shape index (κ2) is 12.3. The summed E-state index contributed by atoms with van der Waals surface area (Å²) in [6, 6.07) is 7.61. The number of hydrogen-bond donors (Lipinski definition) is 2. The minimum Gasteiger partial charge on any atom is -0.494 e. The van der Waals surface area contributed by atoms with Crippen LogP contribution in [0, 0.1) is 19.7 Å². The van der Waals surface area contributed by atoms with Gasteiger partial charge in [0.1, 0.15) is 11.5 Å². The smallest absolute Gasteiger partial charge is 0.191 e. The van der Waals surface area contributed by atoms with E-state index in [1.807, 2.05) is 26.0 Å². The SMILES string of the molecule is CCNC(=NCc1cc(C)oc1C)NC1CCN(Cc2ccc(OC)c(F)c2)CC1.I.